The molecule has 3 nitrogen and oxygen atoms in total. The number of carbonyl (C=O) groups is 1. The van der Waals surface area contributed by atoms with Crippen LogP contribution in [0.2, 0.25) is 5.04 Å². The summed E-state index contributed by atoms with van der Waals surface area (Å²) in [6.45, 7) is 9.26. The van der Waals surface area contributed by atoms with Crippen LogP contribution in [0.1, 0.15) is 40.5 Å². The van der Waals surface area contributed by atoms with Crippen LogP contribution < -0.4 is 10.4 Å². The van der Waals surface area contributed by atoms with Crippen LogP contribution in [-0.4, -0.2) is 44.0 Å². The van der Waals surface area contributed by atoms with Crippen molar-refractivity contribution in [3.05, 3.63) is 60.7 Å². The molecule has 2 aromatic rings. The van der Waals surface area contributed by atoms with E-state index in [4.69, 9.17) is 4.43 Å². The summed E-state index contributed by atoms with van der Waals surface area (Å²) in [5.41, 5.74) is -0.525. The molecule has 0 spiro atoms. The van der Waals surface area contributed by atoms with Gasteiger partial charge in [0.05, 0.1) is 18.7 Å². The summed E-state index contributed by atoms with van der Waals surface area (Å²) in [6.07, 6.45) is 0.0790. The van der Waals surface area contributed by atoms with Crippen LogP contribution in [0.4, 0.5) is 4.39 Å². The quantitative estimate of drug-likeness (QED) is 0.680. The van der Waals surface area contributed by atoms with Crippen LogP contribution in [0.3, 0.4) is 0 Å². The Bertz CT molecular complexity index is 859. The minimum absolute atomic E-state index is 0.0692. The van der Waals surface area contributed by atoms with Crippen molar-refractivity contribution in [2.24, 2.45) is 5.92 Å². The fourth-order valence-electron chi connectivity index (χ4n) is 5.62. The normalized spacial score (nSPS) is 26.8. The monoisotopic (exact) mass is 425 g/mol. The lowest BCUT2D eigenvalue weighted by Gasteiger charge is -2.45. The highest BCUT2D eigenvalue weighted by molar-refractivity contribution is 6.99. The molecule has 2 aliphatic rings. The van der Waals surface area contributed by atoms with Gasteiger partial charge in [0, 0.05) is 12.3 Å². The van der Waals surface area contributed by atoms with E-state index in [0.29, 0.717) is 19.4 Å². The summed E-state index contributed by atoms with van der Waals surface area (Å²) in [5.74, 6) is 0.00134. The maximum Gasteiger partial charge on any atom is 0.261 e. The van der Waals surface area contributed by atoms with E-state index in [1.165, 1.54) is 10.4 Å². The number of hydrogen-bond donors (Lipinski definition) is 0. The Kier molecular flexibility index (Phi) is 5.39. The third-order valence-electron chi connectivity index (χ3n) is 6.90. The number of benzene rings is 2. The van der Waals surface area contributed by atoms with Gasteiger partial charge in [0.1, 0.15) is 6.17 Å². The molecule has 0 aliphatic carbocycles. The van der Waals surface area contributed by atoms with Crippen molar-refractivity contribution in [3.63, 3.8) is 0 Å². The number of nitrogens with zero attached hydrogens (tertiary/aromatic N) is 1. The second-order valence-electron chi connectivity index (χ2n) is 10.0. The van der Waals surface area contributed by atoms with Gasteiger partial charge in [-0.1, -0.05) is 88.4 Å². The second-order valence-corrected chi connectivity index (χ2v) is 14.3. The van der Waals surface area contributed by atoms with Crippen molar-refractivity contribution >= 4 is 24.6 Å². The van der Waals surface area contributed by atoms with Crippen LogP contribution >= 0.6 is 0 Å². The van der Waals surface area contributed by atoms with Gasteiger partial charge in [-0.25, -0.2) is 4.39 Å². The third-order valence-corrected chi connectivity index (χ3v) is 11.9. The van der Waals surface area contributed by atoms with Crippen LogP contribution in [0.25, 0.3) is 0 Å². The summed E-state index contributed by atoms with van der Waals surface area (Å²) in [7, 11) is -2.71. The molecule has 160 valence electrons. The number of rotatable bonds is 5. The van der Waals surface area contributed by atoms with Crippen LogP contribution in [0, 0.1) is 5.92 Å². The van der Waals surface area contributed by atoms with E-state index in [1.807, 2.05) is 19.1 Å². The molecule has 3 atom stereocenters. The van der Waals surface area contributed by atoms with Crippen molar-refractivity contribution in [2.45, 2.75) is 57.3 Å². The lowest BCUT2D eigenvalue weighted by atomic mass is 9.91. The van der Waals surface area contributed by atoms with Gasteiger partial charge in [-0.15, -0.1) is 0 Å². The van der Waals surface area contributed by atoms with Gasteiger partial charge in [0.2, 0.25) is 5.91 Å². The number of halogens is 1. The average molecular weight is 426 g/mol. The van der Waals surface area contributed by atoms with Gasteiger partial charge in [-0.05, 0) is 21.8 Å². The van der Waals surface area contributed by atoms with E-state index in [1.54, 1.807) is 4.90 Å². The van der Waals surface area contributed by atoms with Crippen molar-refractivity contribution in [1.29, 1.82) is 0 Å². The van der Waals surface area contributed by atoms with E-state index in [0.717, 1.165) is 0 Å². The fourth-order valence-corrected chi connectivity index (χ4v) is 10.3. The number of carbonyl (C=O) groups excluding carboxylic acids is 1. The molecule has 0 saturated carbocycles. The van der Waals surface area contributed by atoms with Crippen LogP contribution in [-0.2, 0) is 9.22 Å². The van der Waals surface area contributed by atoms with E-state index in [2.05, 4.69) is 69.3 Å². The summed E-state index contributed by atoms with van der Waals surface area (Å²) in [5, 5.41) is 2.27. The second kappa shape index (κ2) is 7.61. The molecule has 0 bridgehead atoms. The molecule has 2 aromatic carbocycles. The van der Waals surface area contributed by atoms with Gasteiger partial charge in [0.15, 0.2) is 0 Å². The Balaban J connectivity index is 1.79. The Labute approximate surface area is 180 Å². The molecule has 5 heteroatoms. The molecule has 2 aliphatic heterocycles. The standard InChI is InChI=1S/C25H32FNO2Si/c1-19-15-25(16-20(26)17-27(25)23(19)28)18-29-30(24(2,3)4,21-11-7-5-8-12-21)22-13-9-6-10-14-22/h5-14,19-20H,15-18H2,1-4H3/t19-,20+,25-/m0/s1. The van der Waals surface area contributed by atoms with Crippen molar-refractivity contribution < 1.29 is 13.6 Å². The molecule has 4 rings (SSSR count). The Morgan fingerprint density at radius 1 is 1.03 bits per heavy atom. The Morgan fingerprint density at radius 2 is 1.57 bits per heavy atom. The fraction of sp³-hybridized carbons (Fsp3) is 0.480. The first-order valence-corrected chi connectivity index (χ1v) is 12.8. The smallest absolute Gasteiger partial charge is 0.261 e. The first-order valence-electron chi connectivity index (χ1n) is 10.9. The van der Waals surface area contributed by atoms with E-state index >= 15 is 0 Å². The highest BCUT2D eigenvalue weighted by atomic mass is 28.4. The number of hydrogen-bond acceptors (Lipinski definition) is 2. The predicted octanol–water partition coefficient (Wildman–Crippen LogP) is 3.91. The third kappa shape index (κ3) is 3.32. The molecule has 0 N–H and O–H groups in total. The molecule has 1 amide bonds. The largest absolute Gasteiger partial charge is 0.405 e. The Hall–Kier alpha value is -1.98. The van der Waals surface area contributed by atoms with Crippen LogP contribution in [0.5, 0.6) is 0 Å². The maximum absolute atomic E-state index is 14.5. The van der Waals surface area contributed by atoms with Gasteiger partial charge in [-0.2, -0.15) is 0 Å². The SMILES string of the molecule is C[C@H]1C[C@@]2(CO[Si](c3ccccc3)(c3ccccc3)C(C)(C)C)C[C@@H](F)CN2C1=O. The maximum atomic E-state index is 14.5. The predicted molar refractivity (Wildman–Crippen MR) is 121 cm³/mol. The lowest BCUT2D eigenvalue weighted by Crippen LogP contribution is -2.68. The van der Waals surface area contributed by atoms with E-state index in [9.17, 15) is 9.18 Å². The zero-order valence-electron chi connectivity index (χ0n) is 18.4. The molecular weight excluding hydrogens is 393 g/mol. The number of fused-ring (bicyclic) bond motifs is 1. The van der Waals surface area contributed by atoms with Gasteiger partial charge in [-0.3, -0.25) is 4.79 Å². The van der Waals surface area contributed by atoms with Gasteiger partial charge < -0.3 is 9.33 Å². The molecule has 0 aromatic heterocycles. The first kappa shape index (κ1) is 21.3. The van der Waals surface area contributed by atoms with Crippen LogP contribution in [0.15, 0.2) is 60.7 Å². The summed E-state index contributed by atoms with van der Waals surface area (Å²) < 4.78 is 21.5. The topological polar surface area (TPSA) is 29.5 Å². The average Bonchev–Trinajstić information content (AvgIpc) is 3.14. The molecular formula is C25H32FNO2Si. The van der Waals surface area contributed by atoms with E-state index < -0.39 is 20.0 Å². The lowest BCUT2D eigenvalue weighted by molar-refractivity contribution is -0.132. The summed E-state index contributed by atoms with van der Waals surface area (Å²) >= 11 is 0. The van der Waals surface area contributed by atoms with E-state index in [-0.39, 0.29) is 23.4 Å². The molecule has 30 heavy (non-hydrogen) atoms. The number of amides is 1. The highest BCUT2D eigenvalue weighted by Crippen LogP contribution is 2.45. The molecule has 0 radical (unpaired) electrons. The first-order chi connectivity index (χ1) is 14.2. The van der Waals surface area contributed by atoms with Crippen molar-refractivity contribution in [3.8, 4) is 0 Å². The van der Waals surface area contributed by atoms with Gasteiger partial charge in [0.25, 0.3) is 8.32 Å². The summed E-state index contributed by atoms with van der Waals surface area (Å²) in [4.78, 5) is 14.5. The zero-order chi connectivity index (χ0) is 21.6. The minimum atomic E-state index is -2.71. The Morgan fingerprint density at radius 3 is 2.07 bits per heavy atom. The molecule has 2 heterocycles. The van der Waals surface area contributed by atoms with Gasteiger partial charge >= 0.3 is 0 Å². The minimum Gasteiger partial charge on any atom is -0.405 e. The summed E-state index contributed by atoms with van der Waals surface area (Å²) in [6, 6.07) is 21.0. The molecule has 2 saturated heterocycles. The zero-order valence-corrected chi connectivity index (χ0v) is 19.4. The highest BCUT2D eigenvalue weighted by Gasteiger charge is 2.58. The molecule has 0 unspecified atom stereocenters. The molecule has 2 fully saturated rings. The van der Waals surface area contributed by atoms with Crippen molar-refractivity contribution in [2.75, 3.05) is 13.2 Å². The number of alkyl halides is 1. The van der Waals surface area contributed by atoms with Crippen molar-refractivity contribution in [1.82, 2.24) is 4.90 Å².